The van der Waals surface area contributed by atoms with E-state index in [1.54, 1.807) is 7.11 Å². The van der Waals surface area contributed by atoms with Crippen molar-refractivity contribution in [3.63, 3.8) is 0 Å². The first-order valence-corrected chi connectivity index (χ1v) is 11.2. The van der Waals surface area contributed by atoms with Crippen LogP contribution < -0.4 is 4.74 Å². The molecule has 0 saturated heterocycles. The minimum Gasteiger partial charge on any atom is -0.496 e. The van der Waals surface area contributed by atoms with Gasteiger partial charge in [0, 0.05) is 10.3 Å². The van der Waals surface area contributed by atoms with Crippen LogP contribution in [-0.4, -0.2) is 7.11 Å². The molecule has 0 amide bonds. The number of fused-ring (bicyclic) bond motifs is 5. The summed E-state index contributed by atoms with van der Waals surface area (Å²) in [6.45, 7) is 9.03. The smallest absolute Gasteiger partial charge is 0.133 e. The van der Waals surface area contributed by atoms with Crippen LogP contribution in [0.1, 0.15) is 36.1 Å². The van der Waals surface area contributed by atoms with E-state index >= 15 is 0 Å². The molecule has 0 spiro atoms. The molecule has 30 heavy (non-hydrogen) atoms. The molecule has 0 aromatic heterocycles. The van der Waals surface area contributed by atoms with Crippen molar-refractivity contribution < 1.29 is 4.74 Å². The highest BCUT2D eigenvalue weighted by atomic mass is 32.2. The van der Waals surface area contributed by atoms with E-state index in [4.69, 9.17) is 4.74 Å². The summed E-state index contributed by atoms with van der Waals surface area (Å²) in [5.74, 6) is 0.931. The average molecular weight is 411 g/mol. The van der Waals surface area contributed by atoms with Crippen LogP contribution in [0.15, 0.2) is 76.5 Å². The van der Waals surface area contributed by atoms with Gasteiger partial charge < -0.3 is 4.74 Å². The normalized spacial score (nSPS) is 13.9. The molecule has 0 aliphatic heterocycles. The lowest BCUT2D eigenvalue weighted by Gasteiger charge is -2.21. The molecule has 0 N–H and O–H groups in total. The number of rotatable bonds is 3. The number of ether oxygens (including phenoxy) is 1. The standard InChI is InChI=1S/C28H26OS/c1-17-9-8-10-18(2)27(17)30-25-16-21-19(15-24(25)29-5)13-14-23-26(21)20-11-6-7-12-22(20)28(23,3)4/h6-16H,1-5H3. The summed E-state index contributed by atoms with van der Waals surface area (Å²) >= 11 is 1.81. The Morgan fingerprint density at radius 3 is 2.27 bits per heavy atom. The Kier molecular flexibility index (Phi) is 4.44. The second-order valence-electron chi connectivity index (χ2n) is 8.71. The Balaban J connectivity index is 1.78. The van der Waals surface area contributed by atoms with Crippen molar-refractivity contribution in [3.8, 4) is 16.9 Å². The van der Waals surface area contributed by atoms with Gasteiger partial charge in [-0.25, -0.2) is 0 Å². The maximum Gasteiger partial charge on any atom is 0.133 e. The van der Waals surface area contributed by atoms with Crippen LogP contribution in [0.3, 0.4) is 0 Å². The lowest BCUT2D eigenvalue weighted by molar-refractivity contribution is 0.405. The third kappa shape index (κ3) is 2.78. The van der Waals surface area contributed by atoms with E-state index in [2.05, 4.69) is 94.4 Å². The van der Waals surface area contributed by atoms with E-state index < -0.39 is 0 Å². The van der Waals surface area contributed by atoms with Gasteiger partial charge in [-0.1, -0.05) is 80.2 Å². The van der Waals surface area contributed by atoms with E-state index in [1.807, 2.05) is 11.8 Å². The molecule has 4 aromatic carbocycles. The third-order valence-corrected chi connectivity index (χ3v) is 7.85. The first-order valence-electron chi connectivity index (χ1n) is 10.4. The molecular formula is C28H26OS. The molecule has 0 saturated carbocycles. The van der Waals surface area contributed by atoms with Gasteiger partial charge in [0.15, 0.2) is 0 Å². The zero-order valence-electron chi connectivity index (χ0n) is 18.2. The second-order valence-corrected chi connectivity index (χ2v) is 9.76. The van der Waals surface area contributed by atoms with Gasteiger partial charge in [-0.15, -0.1) is 0 Å². The van der Waals surface area contributed by atoms with Crippen LogP contribution in [0.5, 0.6) is 5.75 Å². The Bertz CT molecular complexity index is 1280. The molecule has 0 unspecified atom stereocenters. The number of aryl methyl sites for hydroxylation is 2. The first-order chi connectivity index (χ1) is 14.4. The monoisotopic (exact) mass is 410 g/mol. The van der Waals surface area contributed by atoms with Crippen LogP contribution in [0, 0.1) is 13.8 Å². The van der Waals surface area contributed by atoms with E-state index in [0.29, 0.717) is 0 Å². The molecule has 150 valence electrons. The molecule has 4 aromatic rings. The summed E-state index contributed by atoms with van der Waals surface area (Å²) in [7, 11) is 1.77. The fourth-order valence-corrected chi connectivity index (χ4v) is 5.94. The molecule has 0 atom stereocenters. The Hall–Kier alpha value is -2.71. The highest BCUT2D eigenvalue weighted by molar-refractivity contribution is 7.99. The van der Waals surface area contributed by atoms with E-state index in [0.717, 1.165) is 10.6 Å². The maximum atomic E-state index is 5.81. The summed E-state index contributed by atoms with van der Waals surface area (Å²) in [4.78, 5) is 2.47. The Morgan fingerprint density at radius 2 is 1.53 bits per heavy atom. The van der Waals surface area contributed by atoms with Gasteiger partial charge in [0.1, 0.15) is 5.75 Å². The highest BCUT2D eigenvalue weighted by Gasteiger charge is 2.36. The molecule has 0 radical (unpaired) electrons. The van der Waals surface area contributed by atoms with Gasteiger partial charge in [0.25, 0.3) is 0 Å². The van der Waals surface area contributed by atoms with E-state index in [1.165, 1.54) is 49.0 Å². The molecule has 0 fully saturated rings. The number of methoxy groups -OCH3 is 1. The van der Waals surface area contributed by atoms with Crippen molar-refractivity contribution in [1.82, 2.24) is 0 Å². The Labute approximate surface area is 183 Å². The van der Waals surface area contributed by atoms with Crippen molar-refractivity contribution >= 4 is 22.5 Å². The van der Waals surface area contributed by atoms with Gasteiger partial charge in [-0.05, 0) is 70.1 Å². The number of hydrogen-bond acceptors (Lipinski definition) is 2. The van der Waals surface area contributed by atoms with Crippen molar-refractivity contribution in [2.75, 3.05) is 7.11 Å². The first kappa shape index (κ1) is 19.3. The molecular weight excluding hydrogens is 384 g/mol. The molecule has 2 heteroatoms. The van der Waals surface area contributed by atoms with Gasteiger partial charge >= 0.3 is 0 Å². The lowest BCUT2D eigenvalue weighted by Crippen LogP contribution is -2.14. The van der Waals surface area contributed by atoms with Crippen molar-refractivity contribution in [2.24, 2.45) is 0 Å². The van der Waals surface area contributed by atoms with Crippen LogP contribution in [-0.2, 0) is 5.41 Å². The maximum absolute atomic E-state index is 5.81. The largest absolute Gasteiger partial charge is 0.496 e. The molecule has 1 nitrogen and oxygen atoms in total. The van der Waals surface area contributed by atoms with Gasteiger partial charge in [0.05, 0.1) is 12.0 Å². The molecule has 1 aliphatic carbocycles. The zero-order valence-corrected chi connectivity index (χ0v) is 19.0. The minimum absolute atomic E-state index is 0.0138. The molecule has 0 heterocycles. The summed E-state index contributed by atoms with van der Waals surface area (Å²) in [6, 6.07) is 24.4. The number of hydrogen-bond donors (Lipinski definition) is 0. The fraction of sp³-hybridized carbons (Fsp3) is 0.214. The lowest BCUT2D eigenvalue weighted by atomic mass is 9.82. The van der Waals surface area contributed by atoms with Gasteiger partial charge in [-0.2, -0.15) is 0 Å². The van der Waals surface area contributed by atoms with E-state index in [-0.39, 0.29) is 5.41 Å². The zero-order chi connectivity index (χ0) is 21.0. The topological polar surface area (TPSA) is 9.23 Å². The Morgan fingerprint density at radius 1 is 0.800 bits per heavy atom. The highest BCUT2D eigenvalue weighted by Crippen LogP contribution is 2.52. The van der Waals surface area contributed by atoms with Crippen LogP contribution in [0.25, 0.3) is 21.9 Å². The third-order valence-electron chi connectivity index (χ3n) is 6.47. The van der Waals surface area contributed by atoms with Crippen molar-refractivity contribution in [1.29, 1.82) is 0 Å². The van der Waals surface area contributed by atoms with Crippen molar-refractivity contribution in [2.45, 2.75) is 42.9 Å². The summed E-state index contributed by atoms with van der Waals surface area (Å²) < 4.78 is 5.81. The molecule has 1 aliphatic rings. The molecule has 5 rings (SSSR count). The second kappa shape index (κ2) is 6.92. The summed E-state index contributed by atoms with van der Waals surface area (Å²) in [6.07, 6.45) is 0. The van der Waals surface area contributed by atoms with E-state index in [9.17, 15) is 0 Å². The van der Waals surface area contributed by atoms with Crippen molar-refractivity contribution in [3.05, 3.63) is 89.0 Å². The predicted molar refractivity (Wildman–Crippen MR) is 128 cm³/mol. The van der Waals surface area contributed by atoms with Gasteiger partial charge in [-0.3, -0.25) is 0 Å². The van der Waals surface area contributed by atoms with Crippen LogP contribution in [0.4, 0.5) is 0 Å². The quantitative estimate of drug-likeness (QED) is 0.339. The fourth-order valence-electron chi connectivity index (χ4n) is 4.84. The summed E-state index contributed by atoms with van der Waals surface area (Å²) in [5.41, 5.74) is 8.16. The van der Waals surface area contributed by atoms with Crippen LogP contribution >= 0.6 is 11.8 Å². The molecule has 0 bridgehead atoms. The van der Waals surface area contributed by atoms with Crippen LogP contribution in [0.2, 0.25) is 0 Å². The predicted octanol–water partition coefficient (Wildman–Crippen LogP) is 7.92. The average Bonchev–Trinajstić information content (AvgIpc) is 2.98. The minimum atomic E-state index is 0.0138. The SMILES string of the molecule is COc1cc2ccc3c(c2cc1Sc1c(C)cccc1C)-c1ccccc1C3(C)C. The number of benzene rings is 4. The van der Waals surface area contributed by atoms with Gasteiger partial charge in [0.2, 0.25) is 0 Å². The summed E-state index contributed by atoms with van der Waals surface area (Å²) in [5, 5.41) is 2.53.